The molecule has 0 amide bonds. The summed E-state index contributed by atoms with van der Waals surface area (Å²) in [5.74, 6) is -0.496. The van der Waals surface area contributed by atoms with Crippen molar-refractivity contribution in [1.82, 2.24) is 0 Å². The zero-order chi connectivity index (χ0) is 20.2. The highest BCUT2D eigenvalue weighted by Crippen LogP contribution is 2.28. The largest absolute Gasteiger partial charge is 0.462 e. The fraction of sp³-hybridized carbons (Fsp3) is 0.278. The SMILES string of the molecule is CCOC(=O)c1ccc(N(CC)S(=O)(=O)c2cc([N+](=O)[O-])ccc2C)cc1. The Hall–Kier alpha value is -2.94. The Morgan fingerprint density at radius 2 is 1.78 bits per heavy atom. The van der Waals surface area contributed by atoms with Gasteiger partial charge in [-0.25, -0.2) is 13.2 Å². The molecule has 0 N–H and O–H groups in total. The van der Waals surface area contributed by atoms with Gasteiger partial charge in [-0.1, -0.05) is 6.07 Å². The highest BCUT2D eigenvalue weighted by Gasteiger charge is 2.27. The van der Waals surface area contributed by atoms with E-state index >= 15 is 0 Å². The van der Waals surface area contributed by atoms with E-state index in [1.165, 1.54) is 36.4 Å². The lowest BCUT2D eigenvalue weighted by molar-refractivity contribution is -0.385. The molecule has 2 aromatic carbocycles. The van der Waals surface area contributed by atoms with Gasteiger partial charge in [0.1, 0.15) is 0 Å². The number of sulfonamides is 1. The van der Waals surface area contributed by atoms with Gasteiger partial charge in [-0.3, -0.25) is 14.4 Å². The first kappa shape index (κ1) is 20.4. The number of hydrogen-bond acceptors (Lipinski definition) is 6. The first-order valence-electron chi connectivity index (χ1n) is 8.27. The molecule has 0 saturated carbocycles. The third kappa shape index (κ3) is 4.25. The van der Waals surface area contributed by atoms with Crippen LogP contribution in [0.25, 0.3) is 0 Å². The number of hydrogen-bond donors (Lipinski definition) is 0. The van der Waals surface area contributed by atoms with Gasteiger partial charge in [-0.15, -0.1) is 0 Å². The molecule has 0 atom stereocenters. The zero-order valence-electron chi connectivity index (χ0n) is 15.2. The van der Waals surface area contributed by atoms with E-state index in [0.29, 0.717) is 16.8 Å². The molecule has 0 saturated heterocycles. The van der Waals surface area contributed by atoms with Crippen molar-refractivity contribution in [1.29, 1.82) is 0 Å². The number of nitro groups is 1. The maximum absolute atomic E-state index is 13.1. The summed E-state index contributed by atoms with van der Waals surface area (Å²) < 4.78 is 32.2. The number of esters is 1. The van der Waals surface area contributed by atoms with Gasteiger partial charge in [0.25, 0.3) is 15.7 Å². The Morgan fingerprint density at radius 3 is 2.30 bits per heavy atom. The molecule has 0 aliphatic heterocycles. The molecule has 0 radical (unpaired) electrons. The maximum Gasteiger partial charge on any atom is 0.338 e. The predicted molar refractivity (Wildman–Crippen MR) is 100 cm³/mol. The number of anilines is 1. The zero-order valence-corrected chi connectivity index (χ0v) is 16.0. The predicted octanol–water partition coefficient (Wildman–Crippen LogP) is 3.30. The van der Waals surface area contributed by atoms with Gasteiger partial charge >= 0.3 is 5.97 Å². The number of carbonyl (C=O) groups excluding carboxylic acids is 1. The van der Waals surface area contributed by atoms with Crippen LogP contribution in [0, 0.1) is 17.0 Å². The number of non-ortho nitro benzene ring substituents is 1. The molecule has 8 nitrogen and oxygen atoms in total. The van der Waals surface area contributed by atoms with Gasteiger partial charge in [0.15, 0.2) is 0 Å². The average Bonchev–Trinajstić information content (AvgIpc) is 2.62. The second-order valence-electron chi connectivity index (χ2n) is 5.64. The topological polar surface area (TPSA) is 107 Å². The normalized spacial score (nSPS) is 11.1. The molecule has 0 spiro atoms. The van der Waals surface area contributed by atoms with Crippen LogP contribution in [0.5, 0.6) is 0 Å². The van der Waals surface area contributed by atoms with Crippen molar-refractivity contribution in [2.75, 3.05) is 17.5 Å². The van der Waals surface area contributed by atoms with Crippen molar-refractivity contribution in [3.05, 3.63) is 63.7 Å². The van der Waals surface area contributed by atoms with E-state index in [1.807, 2.05) is 0 Å². The Labute approximate surface area is 157 Å². The quantitative estimate of drug-likeness (QED) is 0.406. The van der Waals surface area contributed by atoms with E-state index in [9.17, 15) is 23.3 Å². The highest BCUT2D eigenvalue weighted by molar-refractivity contribution is 7.92. The maximum atomic E-state index is 13.1. The lowest BCUT2D eigenvalue weighted by atomic mass is 10.2. The summed E-state index contributed by atoms with van der Waals surface area (Å²) in [6, 6.07) is 9.68. The van der Waals surface area contributed by atoms with Gasteiger partial charge in [0, 0.05) is 18.7 Å². The van der Waals surface area contributed by atoms with Crippen LogP contribution in [-0.2, 0) is 14.8 Å². The molecule has 9 heteroatoms. The lowest BCUT2D eigenvalue weighted by Gasteiger charge is -2.24. The van der Waals surface area contributed by atoms with E-state index in [2.05, 4.69) is 0 Å². The number of aryl methyl sites for hydroxylation is 1. The molecule has 0 bridgehead atoms. The molecular weight excluding hydrogens is 372 g/mol. The van der Waals surface area contributed by atoms with Crippen LogP contribution in [0.3, 0.4) is 0 Å². The van der Waals surface area contributed by atoms with Crippen LogP contribution in [0.1, 0.15) is 29.8 Å². The number of carbonyl (C=O) groups is 1. The molecule has 2 rings (SSSR count). The fourth-order valence-electron chi connectivity index (χ4n) is 2.57. The Balaban J connectivity index is 2.46. The van der Waals surface area contributed by atoms with Crippen LogP contribution < -0.4 is 4.31 Å². The molecule has 0 aliphatic carbocycles. The van der Waals surface area contributed by atoms with Gasteiger partial charge in [0.05, 0.1) is 27.7 Å². The molecular formula is C18H20N2O6S. The van der Waals surface area contributed by atoms with Crippen molar-refractivity contribution >= 4 is 27.4 Å². The van der Waals surface area contributed by atoms with E-state index in [-0.39, 0.29) is 23.7 Å². The molecule has 2 aromatic rings. The van der Waals surface area contributed by atoms with Crippen molar-refractivity contribution in [3.63, 3.8) is 0 Å². The highest BCUT2D eigenvalue weighted by atomic mass is 32.2. The average molecular weight is 392 g/mol. The van der Waals surface area contributed by atoms with Crippen LogP contribution in [0.4, 0.5) is 11.4 Å². The summed E-state index contributed by atoms with van der Waals surface area (Å²) in [5, 5.41) is 11.0. The van der Waals surface area contributed by atoms with Crippen LogP contribution >= 0.6 is 0 Å². The number of ether oxygens (including phenoxy) is 1. The van der Waals surface area contributed by atoms with Crippen molar-refractivity contribution in [2.24, 2.45) is 0 Å². The molecule has 0 aromatic heterocycles. The van der Waals surface area contributed by atoms with Crippen molar-refractivity contribution < 1.29 is 22.9 Å². The van der Waals surface area contributed by atoms with Crippen molar-refractivity contribution in [2.45, 2.75) is 25.7 Å². The van der Waals surface area contributed by atoms with Gasteiger partial charge in [-0.05, 0) is 50.6 Å². The molecule has 0 fully saturated rings. The van der Waals surface area contributed by atoms with Crippen LogP contribution in [-0.4, -0.2) is 32.5 Å². The van der Waals surface area contributed by atoms with E-state index in [0.717, 1.165) is 10.4 Å². The first-order chi connectivity index (χ1) is 12.7. The number of rotatable bonds is 7. The lowest BCUT2D eigenvalue weighted by Crippen LogP contribution is -2.31. The summed E-state index contributed by atoms with van der Waals surface area (Å²) in [6.07, 6.45) is 0. The van der Waals surface area contributed by atoms with Crippen LogP contribution in [0.2, 0.25) is 0 Å². The second kappa shape index (κ2) is 8.17. The molecule has 27 heavy (non-hydrogen) atoms. The Bertz CT molecular complexity index is 954. The third-order valence-electron chi connectivity index (χ3n) is 3.90. The van der Waals surface area contributed by atoms with Gasteiger partial charge < -0.3 is 4.74 Å². The van der Waals surface area contributed by atoms with Gasteiger partial charge in [0.2, 0.25) is 0 Å². The first-order valence-corrected chi connectivity index (χ1v) is 9.71. The Morgan fingerprint density at radius 1 is 1.15 bits per heavy atom. The summed E-state index contributed by atoms with van der Waals surface area (Å²) in [7, 11) is -4.02. The Kier molecular flexibility index (Phi) is 6.17. The monoisotopic (exact) mass is 392 g/mol. The number of benzene rings is 2. The minimum atomic E-state index is -4.02. The third-order valence-corrected chi connectivity index (χ3v) is 5.95. The standard InChI is InChI=1S/C18H20N2O6S/c1-4-19(15-10-7-14(8-11-15)18(21)26-5-2)27(24,25)17-12-16(20(22)23)9-6-13(17)3/h6-12H,4-5H2,1-3H3. The molecule has 144 valence electrons. The fourth-order valence-corrected chi connectivity index (χ4v) is 4.29. The van der Waals surface area contributed by atoms with E-state index in [1.54, 1.807) is 20.8 Å². The smallest absolute Gasteiger partial charge is 0.338 e. The van der Waals surface area contributed by atoms with Crippen LogP contribution in [0.15, 0.2) is 47.4 Å². The second-order valence-corrected chi connectivity index (χ2v) is 7.47. The summed E-state index contributed by atoms with van der Waals surface area (Å²) in [5.41, 5.74) is 0.757. The van der Waals surface area contributed by atoms with Crippen molar-refractivity contribution in [3.8, 4) is 0 Å². The molecule has 0 aliphatic rings. The van der Waals surface area contributed by atoms with Gasteiger partial charge in [-0.2, -0.15) is 0 Å². The molecule has 0 unspecified atom stereocenters. The minimum Gasteiger partial charge on any atom is -0.462 e. The van der Waals surface area contributed by atoms with E-state index < -0.39 is 20.9 Å². The number of nitro benzene ring substituents is 1. The summed E-state index contributed by atoms with van der Waals surface area (Å²) in [4.78, 5) is 22.0. The summed E-state index contributed by atoms with van der Waals surface area (Å²) >= 11 is 0. The number of nitrogens with zero attached hydrogens (tertiary/aromatic N) is 2. The minimum absolute atomic E-state index is 0.114. The van der Waals surface area contributed by atoms with E-state index in [4.69, 9.17) is 4.74 Å². The molecule has 0 heterocycles. The summed E-state index contributed by atoms with van der Waals surface area (Å²) in [6.45, 7) is 5.28.